The van der Waals surface area contributed by atoms with E-state index in [0.717, 1.165) is 32.8 Å². The maximum absolute atomic E-state index is 12.4. The van der Waals surface area contributed by atoms with Crippen LogP contribution in [0.15, 0.2) is 55.7 Å². The van der Waals surface area contributed by atoms with Gasteiger partial charge in [0.2, 0.25) is 0 Å². The van der Waals surface area contributed by atoms with Crippen LogP contribution in [-0.2, 0) is 0 Å². The molecule has 0 bridgehead atoms. The molecular weight excluding hydrogens is 384 g/mol. The molecule has 124 valence electrons. The Morgan fingerprint density at radius 2 is 2.00 bits per heavy atom. The Hall–Kier alpha value is -1.59. The van der Waals surface area contributed by atoms with Gasteiger partial charge in [-0.1, -0.05) is 34.6 Å². The fourth-order valence-electron chi connectivity index (χ4n) is 2.47. The first-order valence-electron chi connectivity index (χ1n) is 7.96. The largest absolute Gasteiger partial charge is 0.350 e. The Morgan fingerprint density at radius 1 is 1.25 bits per heavy atom. The highest BCUT2D eigenvalue weighted by atomic mass is 79.9. The summed E-state index contributed by atoms with van der Waals surface area (Å²) in [5.41, 5.74) is 3.58. The number of carbonyl (C=O) groups is 1. The number of benzene rings is 2. The van der Waals surface area contributed by atoms with E-state index < -0.39 is 0 Å². The fourth-order valence-corrected chi connectivity index (χ4v) is 3.87. The molecule has 0 saturated heterocycles. The second-order valence-electron chi connectivity index (χ2n) is 5.91. The maximum Gasteiger partial charge on any atom is 0.251 e. The molecule has 0 aromatic heterocycles. The first-order chi connectivity index (χ1) is 11.5. The van der Waals surface area contributed by atoms with Crippen LogP contribution in [0.3, 0.4) is 0 Å². The van der Waals surface area contributed by atoms with E-state index in [1.54, 1.807) is 11.8 Å². The summed E-state index contributed by atoms with van der Waals surface area (Å²) < 4.78 is 1.04. The fraction of sp³-hybridized carbons (Fsp3) is 0.263. The average Bonchev–Trinajstić information content (AvgIpc) is 2.70. The van der Waals surface area contributed by atoms with Crippen LogP contribution in [0.1, 0.15) is 43.1 Å². The molecule has 5 heteroatoms. The Bertz CT molecular complexity index is 832. The van der Waals surface area contributed by atoms with Crippen LogP contribution in [0.2, 0.25) is 0 Å². The zero-order valence-corrected chi connectivity index (χ0v) is 16.3. The number of carbonyl (C=O) groups excluding carboxylic acids is 1. The molecule has 3 rings (SSSR count). The van der Waals surface area contributed by atoms with E-state index >= 15 is 0 Å². The highest BCUT2D eigenvalue weighted by Gasteiger charge is 2.17. The lowest BCUT2D eigenvalue weighted by Crippen LogP contribution is -2.31. The second kappa shape index (κ2) is 7.11. The minimum atomic E-state index is -0.0468. The summed E-state index contributed by atoms with van der Waals surface area (Å²) in [6.45, 7) is 6.07. The van der Waals surface area contributed by atoms with E-state index in [1.165, 1.54) is 4.90 Å². The number of nitrogens with zero attached hydrogens (tertiary/aromatic N) is 1. The van der Waals surface area contributed by atoms with Crippen molar-refractivity contribution in [2.24, 2.45) is 4.99 Å². The van der Waals surface area contributed by atoms with Crippen molar-refractivity contribution in [1.82, 2.24) is 5.32 Å². The molecule has 2 aromatic rings. The number of hydrogen-bond donors (Lipinski definition) is 1. The zero-order valence-electron chi connectivity index (χ0n) is 13.9. The smallest absolute Gasteiger partial charge is 0.251 e. The van der Waals surface area contributed by atoms with Gasteiger partial charge in [0.1, 0.15) is 0 Å². The van der Waals surface area contributed by atoms with Crippen molar-refractivity contribution >= 4 is 45.0 Å². The van der Waals surface area contributed by atoms with Gasteiger partial charge in [0.15, 0.2) is 0 Å². The van der Waals surface area contributed by atoms with Gasteiger partial charge in [-0.3, -0.25) is 9.79 Å². The van der Waals surface area contributed by atoms with Crippen molar-refractivity contribution in [2.75, 3.05) is 0 Å². The minimum Gasteiger partial charge on any atom is -0.350 e. The standard InChI is InChI=1S/C19H19BrN2OS/c1-4-11(2)21-19(23)13-5-7-18-16(9-13)22-12(3)15-10-14(20)6-8-17(15)24-18/h5-11H,4H2,1-3H3,(H,21,23). The lowest BCUT2D eigenvalue weighted by molar-refractivity contribution is 0.0939. The second-order valence-corrected chi connectivity index (χ2v) is 7.90. The maximum atomic E-state index is 12.4. The molecule has 0 aliphatic carbocycles. The quantitative estimate of drug-likeness (QED) is 0.727. The van der Waals surface area contributed by atoms with Gasteiger partial charge >= 0.3 is 0 Å². The third-order valence-electron chi connectivity index (χ3n) is 4.05. The molecule has 1 aliphatic heterocycles. The molecule has 0 radical (unpaired) electrons. The molecule has 2 aromatic carbocycles. The molecule has 1 unspecified atom stereocenters. The number of nitrogens with one attached hydrogen (secondary N) is 1. The Balaban J connectivity index is 1.98. The van der Waals surface area contributed by atoms with Crippen LogP contribution in [-0.4, -0.2) is 17.7 Å². The molecule has 0 saturated carbocycles. The summed E-state index contributed by atoms with van der Waals surface area (Å²) in [7, 11) is 0. The summed E-state index contributed by atoms with van der Waals surface area (Å²) in [5, 5.41) is 3.00. The minimum absolute atomic E-state index is 0.0468. The molecule has 1 N–H and O–H groups in total. The van der Waals surface area contributed by atoms with Gasteiger partial charge < -0.3 is 5.32 Å². The molecule has 1 aliphatic rings. The summed E-state index contributed by atoms with van der Waals surface area (Å²) in [6.07, 6.45) is 0.911. The Kier molecular flexibility index (Phi) is 5.11. The van der Waals surface area contributed by atoms with E-state index in [-0.39, 0.29) is 11.9 Å². The highest BCUT2D eigenvalue weighted by Crippen LogP contribution is 2.41. The van der Waals surface area contributed by atoms with E-state index in [4.69, 9.17) is 4.99 Å². The van der Waals surface area contributed by atoms with Gasteiger partial charge in [-0.25, -0.2) is 0 Å². The average molecular weight is 403 g/mol. The predicted octanol–water partition coefficient (Wildman–Crippen LogP) is 5.58. The van der Waals surface area contributed by atoms with E-state index in [0.29, 0.717) is 5.56 Å². The first kappa shape index (κ1) is 17.2. The molecule has 0 spiro atoms. The number of halogens is 1. The van der Waals surface area contributed by atoms with Crippen LogP contribution >= 0.6 is 27.7 Å². The Labute approximate surface area is 155 Å². The van der Waals surface area contributed by atoms with Crippen molar-refractivity contribution in [1.29, 1.82) is 0 Å². The Morgan fingerprint density at radius 3 is 2.75 bits per heavy atom. The summed E-state index contributed by atoms with van der Waals surface area (Å²) in [6, 6.07) is 12.1. The normalized spacial score (nSPS) is 14.1. The van der Waals surface area contributed by atoms with E-state index in [9.17, 15) is 4.79 Å². The SMILES string of the molecule is CCC(C)NC(=O)c1ccc2c(c1)N=C(C)c1cc(Br)ccc1S2. The van der Waals surface area contributed by atoms with Gasteiger partial charge in [-0.05, 0) is 56.7 Å². The lowest BCUT2D eigenvalue weighted by Gasteiger charge is -2.12. The van der Waals surface area contributed by atoms with Gasteiger partial charge in [0.05, 0.1) is 5.69 Å². The molecular formula is C19H19BrN2OS. The monoisotopic (exact) mass is 402 g/mol. The summed E-state index contributed by atoms with van der Waals surface area (Å²) in [4.78, 5) is 19.4. The third-order valence-corrected chi connectivity index (χ3v) is 5.68. The van der Waals surface area contributed by atoms with Crippen LogP contribution in [0.5, 0.6) is 0 Å². The van der Waals surface area contributed by atoms with E-state index in [1.807, 2.05) is 38.1 Å². The van der Waals surface area contributed by atoms with Crippen LogP contribution in [0, 0.1) is 0 Å². The van der Waals surface area contributed by atoms with Crippen molar-refractivity contribution in [3.05, 3.63) is 52.0 Å². The number of fused-ring (bicyclic) bond motifs is 2. The summed E-state index contributed by atoms with van der Waals surface area (Å²) >= 11 is 5.21. The van der Waals surface area contributed by atoms with Gasteiger partial charge in [-0.15, -0.1) is 0 Å². The van der Waals surface area contributed by atoms with Crippen LogP contribution in [0.25, 0.3) is 0 Å². The number of amides is 1. The molecule has 1 amide bonds. The molecule has 1 heterocycles. The number of hydrogen-bond acceptors (Lipinski definition) is 3. The van der Waals surface area contributed by atoms with Crippen LogP contribution in [0.4, 0.5) is 5.69 Å². The molecule has 3 nitrogen and oxygen atoms in total. The third kappa shape index (κ3) is 3.57. The summed E-state index contributed by atoms with van der Waals surface area (Å²) in [5.74, 6) is -0.0468. The molecule has 24 heavy (non-hydrogen) atoms. The van der Waals surface area contributed by atoms with Gasteiger partial charge in [0, 0.05) is 37.1 Å². The first-order valence-corrected chi connectivity index (χ1v) is 9.57. The van der Waals surface area contributed by atoms with Gasteiger partial charge in [-0.2, -0.15) is 0 Å². The topological polar surface area (TPSA) is 41.5 Å². The number of rotatable bonds is 3. The number of aliphatic imine (C=N–C) groups is 1. The molecule has 1 atom stereocenters. The van der Waals surface area contributed by atoms with Gasteiger partial charge in [0.25, 0.3) is 5.91 Å². The zero-order chi connectivity index (χ0) is 17.3. The van der Waals surface area contributed by atoms with Crippen molar-refractivity contribution in [2.45, 2.75) is 43.0 Å². The lowest BCUT2D eigenvalue weighted by atomic mass is 10.1. The molecule has 0 fully saturated rings. The van der Waals surface area contributed by atoms with Crippen LogP contribution < -0.4 is 5.32 Å². The van der Waals surface area contributed by atoms with E-state index in [2.05, 4.69) is 40.3 Å². The highest BCUT2D eigenvalue weighted by molar-refractivity contribution is 9.10. The van der Waals surface area contributed by atoms with Crippen molar-refractivity contribution in [3.8, 4) is 0 Å². The van der Waals surface area contributed by atoms with Crippen molar-refractivity contribution < 1.29 is 4.79 Å². The predicted molar refractivity (Wildman–Crippen MR) is 104 cm³/mol. The van der Waals surface area contributed by atoms with Crippen molar-refractivity contribution in [3.63, 3.8) is 0 Å².